The van der Waals surface area contributed by atoms with Gasteiger partial charge in [-0.25, -0.2) is 0 Å². The molecule has 0 saturated carbocycles. The third kappa shape index (κ3) is 5.17. The number of ether oxygens (including phenoxy) is 2. The van der Waals surface area contributed by atoms with Crippen molar-refractivity contribution in [2.45, 2.75) is 39.0 Å². The minimum atomic E-state index is -0.0565. The summed E-state index contributed by atoms with van der Waals surface area (Å²) in [6, 6.07) is 8.36. The molecule has 0 heterocycles. The Hall–Kier alpha value is -0.900. The molecule has 0 aliphatic carbocycles. The lowest BCUT2D eigenvalue weighted by Crippen LogP contribution is -2.28. The van der Waals surface area contributed by atoms with Crippen molar-refractivity contribution in [2.75, 3.05) is 20.8 Å². The average molecular weight is 251 g/mol. The van der Waals surface area contributed by atoms with Crippen LogP contribution in [0.2, 0.25) is 0 Å². The number of rotatable bonds is 8. The van der Waals surface area contributed by atoms with E-state index in [0.717, 1.165) is 19.5 Å². The fourth-order valence-corrected chi connectivity index (χ4v) is 1.74. The normalized spacial score (nSPS) is 11.8. The van der Waals surface area contributed by atoms with Crippen molar-refractivity contribution in [3.63, 3.8) is 0 Å². The van der Waals surface area contributed by atoms with Crippen molar-refractivity contribution < 1.29 is 9.47 Å². The molecule has 1 aromatic rings. The molecule has 1 aromatic carbocycles. The van der Waals surface area contributed by atoms with Crippen molar-refractivity contribution in [1.29, 1.82) is 0 Å². The van der Waals surface area contributed by atoms with Gasteiger partial charge in [0, 0.05) is 20.8 Å². The fraction of sp³-hybridized carbons (Fsp3) is 0.600. The number of benzene rings is 1. The van der Waals surface area contributed by atoms with Gasteiger partial charge in [-0.3, -0.25) is 0 Å². The molecule has 0 amide bonds. The molecule has 0 atom stereocenters. The maximum absolute atomic E-state index is 5.39. The van der Waals surface area contributed by atoms with Gasteiger partial charge in [-0.1, -0.05) is 24.3 Å². The van der Waals surface area contributed by atoms with E-state index >= 15 is 0 Å². The molecular weight excluding hydrogens is 226 g/mol. The van der Waals surface area contributed by atoms with Gasteiger partial charge in [0.2, 0.25) is 0 Å². The van der Waals surface area contributed by atoms with Crippen molar-refractivity contribution in [3.8, 4) is 0 Å². The Bertz CT molecular complexity index is 350. The second kappa shape index (κ2) is 7.52. The van der Waals surface area contributed by atoms with E-state index in [4.69, 9.17) is 9.47 Å². The van der Waals surface area contributed by atoms with E-state index in [1.807, 2.05) is 6.07 Å². The van der Waals surface area contributed by atoms with E-state index in [-0.39, 0.29) is 5.60 Å². The summed E-state index contributed by atoms with van der Waals surface area (Å²) in [4.78, 5) is 0. The summed E-state index contributed by atoms with van der Waals surface area (Å²) in [5.41, 5.74) is 2.49. The summed E-state index contributed by atoms with van der Waals surface area (Å²) < 4.78 is 10.6. The predicted molar refractivity (Wildman–Crippen MR) is 74.6 cm³/mol. The summed E-state index contributed by atoms with van der Waals surface area (Å²) in [6.07, 6.45) is 0.996. The molecule has 0 fully saturated rings. The van der Waals surface area contributed by atoms with Crippen LogP contribution in [0, 0.1) is 0 Å². The zero-order valence-corrected chi connectivity index (χ0v) is 12.0. The maximum Gasteiger partial charge on any atom is 0.0716 e. The molecule has 0 saturated heterocycles. The third-order valence-electron chi connectivity index (χ3n) is 3.19. The van der Waals surface area contributed by atoms with Crippen LogP contribution in [0.15, 0.2) is 24.3 Å². The van der Waals surface area contributed by atoms with Crippen LogP contribution in [-0.2, 0) is 22.6 Å². The van der Waals surface area contributed by atoms with E-state index in [2.05, 4.69) is 37.4 Å². The lowest BCUT2D eigenvalue weighted by atomic mass is 10.0. The average Bonchev–Trinajstić information content (AvgIpc) is 2.37. The fourth-order valence-electron chi connectivity index (χ4n) is 1.74. The highest BCUT2D eigenvalue weighted by molar-refractivity contribution is 5.26. The van der Waals surface area contributed by atoms with Crippen molar-refractivity contribution in [2.24, 2.45) is 0 Å². The van der Waals surface area contributed by atoms with E-state index in [1.54, 1.807) is 14.2 Å². The summed E-state index contributed by atoms with van der Waals surface area (Å²) in [7, 11) is 3.49. The topological polar surface area (TPSA) is 30.5 Å². The van der Waals surface area contributed by atoms with Crippen LogP contribution in [-0.4, -0.2) is 26.4 Å². The standard InChI is InChI=1S/C15H25NO2/c1-15(2,18-4)9-10-16-11-13-7-5-6-8-14(13)12-17-3/h5-8,16H,9-12H2,1-4H3. The van der Waals surface area contributed by atoms with E-state index in [9.17, 15) is 0 Å². The molecule has 0 aliphatic heterocycles. The number of nitrogens with one attached hydrogen (secondary N) is 1. The minimum Gasteiger partial charge on any atom is -0.380 e. The Morgan fingerprint density at radius 1 is 1.11 bits per heavy atom. The second-order valence-electron chi connectivity index (χ2n) is 5.09. The number of methoxy groups -OCH3 is 2. The molecule has 18 heavy (non-hydrogen) atoms. The Labute approximate surface area is 110 Å². The SMILES string of the molecule is COCc1ccccc1CNCCC(C)(C)OC. The minimum absolute atomic E-state index is 0.0565. The lowest BCUT2D eigenvalue weighted by molar-refractivity contribution is 0.0158. The molecular formula is C15H25NO2. The molecule has 0 bridgehead atoms. The first kappa shape index (κ1) is 15.2. The third-order valence-corrected chi connectivity index (χ3v) is 3.19. The Kier molecular flexibility index (Phi) is 6.33. The molecule has 102 valence electrons. The molecule has 0 aromatic heterocycles. The van der Waals surface area contributed by atoms with Crippen LogP contribution in [0.4, 0.5) is 0 Å². The maximum atomic E-state index is 5.39. The summed E-state index contributed by atoms with van der Waals surface area (Å²) in [5.74, 6) is 0. The van der Waals surface area contributed by atoms with Gasteiger partial charge in [-0.15, -0.1) is 0 Å². The van der Waals surface area contributed by atoms with Gasteiger partial charge in [0.05, 0.1) is 12.2 Å². The van der Waals surface area contributed by atoms with Gasteiger partial charge in [0.1, 0.15) is 0 Å². The van der Waals surface area contributed by atoms with Gasteiger partial charge in [0.15, 0.2) is 0 Å². The van der Waals surface area contributed by atoms with Gasteiger partial charge in [0.25, 0.3) is 0 Å². The Balaban J connectivity index is 2.39. The summed E-state index contributed by atoms with van der Waals surface area (Å²) in [6.45, 7) is 6.70. The summed E-state index contributed by atoms with van der Waals surface area (Å²) >= 11 is 0. The first-order valence-corrected chi connectivity index (χ1v) is 6.40. The second-order valence-corrected chi connectivity index (χ2v) is 5.09. The van der Waals surface area contributed by atoms with Crippen molar-refractivity contribution >= 4 is 0 Å². The highest BCUT2D eigenvalue weighted by Crippen LogP contribution is 2.12. The first-order chi connectivity index (χ1) is 8.59. The van der Waals surface area contributed by atoms with Gasteiger partial charge < -0.3 is 14.8 Å². The number of hydrogen-bond donors (Lipinski definition) is 1. The first-order valence-electron chi connectivity index (χ1n) is 6.40. The molecule has 3 nitrogen and oxygen atoms in total. The Morgan fingerprint density at radius 3 is 2.39 bits per heavy atom. The van der Waals surface area contributed by atoms with Gasteiger partial charge in [-0.05, 0) is 37.9 Å². The monoisotopic (exact) mass is 251 g/mol. The molecule has 0 radical (unpaired) electrons. The highest BCUT2D eigenvalue weighted by atomic mass is 16.5. The van der Waals surface area contributed by atoms with Crippen LogP contribution in [0.3, 0.4) is 0 Å². The van der Waals surface area contributed by atoms with Gasteiger partial charge >= 0.3 is 0 Å². The molecule has 1 N–H and O–H groups in total. The highest BCUT2D eigenvalue weighted by Gasteiger charge is 2.15. The van der Waals surface area contributed by atoms with Crippen molar-refractivity contribution in [1.82, 2.24) is 5.32 Å². The van der Waals surface area contributed by atoms with Crippen molar-refractivity contribution in [3.05, 3.63) is 35.4 Å². The van der Waals surface area contributed by atoms with Crippen LogP contribution in [0.25, 0.3) is 0 Å². The Morgan fingerprint density at radius 2 is 1.78 bits per heavy atom. The van der Waals surface area contributed by atoms with E-state index < -0.39 is 0 Å². The lowest BCUT2D eigenvalue weighted by Gasteiger charge is -2.23. The molecule has 0 aliphatic rings. The smallest absolute Gasteiger partial charge is 0.0716 e. The zero-order valence-electron chi connectivity index (χ0n) is 12.0. The van der Waals surface area contributed by atoms with Crippen LogP contribution >= 0.6 is 0 Å². The quantitative estimate of drug-likeness (QED) is 0.721. The number of hydrogen-bond acceptors (Lipinski definition) is 3. The largest absolute Gasteiger partial charge is 0.380 e. The molecule has 0 spiro atoms. The van der Waals surface area contributed by atoms with Crippen LogP contribution in [0.5, 0.6) is 0 Å². The van der Waals surface area contributed by atoms with Crippen LogP contribution in [0.1, 0.15) is 31.4 Å². The zero-order chi connectivity index (χ0) is 13.4. The van der Waals surface area contributed by atoms with E-state index in [0.29, 0.717) is 6.61 Å². The van der Waals surface area contributed by atoms with E-state index in [1.165, 1.54) is 11.1 Å². The van der Waals surface area contributed by atoms with Crippen LogP contribution < -0.4 is 5.32 Å². The van der Waals surface area contributed by atoms with Gasteiger partial charge in [-0.2, -0.15) is 0 Å². The molecule has 3 heteroatoms. The molecule has 0 unspecified atom stereocenters. The molecule has 1 rings (SSSR count). The summed E-state index contributed by atoms with van der Waals surface area (Å²) in [5, 5.41) is 3.46. The predicted octanol–water partition coefficient (Wildman–Crippen LogP) is 2.74.